The molecule has 2 rings (SSSR count). The Labute approximate surface area is 131 Å². The molecule has 1 aromatic heterocycles. The Morgan fingerprint density at radius 2 is 2.05 bits per heavy atom. The van der Waals surface area contributed by atoms with Gasteiger partial charge in [0.2, 0.25) is 0 Å². The maximum Gasteiger partial charge on any atom is 0.322 e. The number of aromatic nitrogens is 2. The van der Waals surface area contributed by atoms with Crippen LogP contribution in [0.4, 0.5) is 0 Å². The largest absolute Gasteiger partial charge is 0.468 e. The first kappa shape index (κ1) is 16.2. The number of carbonyl (C=O) groups is 1. The number of esters is 1. The van der Waals surface area contributed by atoms with Gasteiger partial charge in [0.15, 0.2) is 0 Å². The zero-order chi connectivity index (χ0) is 15.9. The third-order valence-electron chi connectivity index (χ3n) is 3.48. The fourth-order valence-corrected chi connectivity index (χ4v) is 2.32. The molecule has 2 aromatic rings. The van der Waals surface area contributed by atoms with Crippen molar-refractivity contribution in [2.75, 3.05) is 7.11 Å². The lowest BCUT2D eigenvalue weighted by Gasteiger charge is -2.18. The van der Waals surface area contributed by atoms with E-state index in [2.05, 4.69) is 24.1 Å². The van der Waals surface area contributed by atoms with Gasteiger partial charge < -0.3 is 14.6 Å². The number of hydrogen-bond donors (Lipinski definition) is 1. The molecule has 0 saturated carbocycles. The topological polar surface area (TPSA) is 56.1 Å². The Hall–Kier alpha value is -2.14. The van der Waals surface area contributed by atoms with E-state index < -0.39 is 0 Å². The highest BCUT2D eigenvalue weighted by atomic mass is 16.5. The van der Waals surface area contributed by atoms with E-state index in [1.807, 2.05) is 35.0 Å². The summed E-state index contributed by atoms with van der Waals surface area (Å²) in [6.07, 6.45) is 6.19. The predicted octanol–water partition coefficient (Wildman–Crippen LogP) is 2.55. The fourth-order valence-electron chi connectivity index (χ4n) is 2.32. The average Bonchev–Trinajstić information content (AvgIpc) is 3.05. The van der Waals surface area contributed by atoms with E-state index in [1.165, 1.54) is 7.11 Å². The van der Waals surface area contributed by atoms with Crippen molar-refractivity contribution in [2.45, 2.75) is 32.9 Å². The number of methoxy groups -OCH3 is 1. The maximum atomic E-state index is 11.8. The standard InChI is InChI=1S/C17H23N3O2/c1-13(2)10-16(17(21)22-3)19-11-14-4-6-15(7-5-14)20-9-8-18-12-20/h4-9,12-13,16,19H,10-11H2,1-3H3. The van der Waals surface area contributed by atoms with E-state index in [0.717, 1.165) is 17.7 Å². The van der Waals surface area contributed by atoms with Crippen LogP contribution in [0.1, 0.15) is 25.8 Å². The van der Waals surface area contributed by atoms with Gasteiger partial charge in [-0.25, -0.2) is 4.98 Å². The average molecular weight is 301 g/mol. The molecule has 118 valence electrons. The summed E-state index contributed by atoms with van der Waals surface area (Å²) in [6.45, 7) is 4.83. The molecule has 0 radical (unpaired) electrons. The van der Waals surface area contributed by atoms with Crippen molar-refractivity contribution in [3.63, 3.8) is 0 Å². The number of hydrogen-bond acceptors (Lipinski definition) is 4. The summed E-state index contributed by atoms with van der Waals surface area (Å²) in [4.78, 5) is 15.8. The van der Waals surface area contributed by atoms with Gasteiger partial charge in [0.25, 0.3) is 0 Å². The van der Waals surface area contributed by atoms with Crippen molar-refractivity contribution >= 4 is 5.97 Å². The molecule has 5 heteroatoms. The lowest BCUT2D eigenvalue weighted by Crippen LogP contribution is -2.38. The molecule has 0 spiro atoms. The quantitative estimate of drug-likeness (QED) is 0.799. The minimum absolute atomic E-state index is 0.205. The first-order valence-electron chi connectivity index (χ1n) is 7.48. The number of ether oxygens (including phenoxy) is 1. The van der Waals surface area contributed by atoms with Gasteiger partial charge in [-0.3, -0.25) is 4.79 Å². The van der Waals surface area contributed by atoms with Crippen LogP contribution < -0.4 is 5.32 Å². The summed E-state index contributed by atoms with van der Waals surface area (Å²) in [6, 6.07) is 7.90. The van der Waals surface area contributed by atoms with Crippen molar-refractivity contribution < 1.29 is 9.53 Å². The Morgan fingerprint density at radius 1 is 1.32 bits per heavy atom. The molecule has 1 atom stereocenters. The van der Waals surface area contributed by atoms with E-state index in [0.29, 0.717) is 12.5 Å². The molecular weight excluding hydrogens is 278 g/mol. The van der Waals surface area contributed by atoms with Crippen molar-refractivity contribution in [1.82, 2.24) is 14.9 Å². The Balaban J connectivity index is 1.96. The second kappa shape index (κ2) is 7.75. The number of nitrogens with one attached hydrogen (secondary N) is 1. The summed E-state index contributed by atoms with van der Waals surface area (Å²) in [5.74, 6) is 0.226. The SMILES string of the molecule is COC(=O)C(CC(C)C)NCc1ccc(-n2ccnc2)cc1. The summed E-state index contributed by atoms with van der Waals surface area (Å²) < 4.78 is 6.81. The van der Waals surface area contributed by atoms with Crippen molar-refractivity contribution in [2.24, 2.45) is 5.92 Å². The number of benzene rings is 1. The van der Waals surface area contributed by atoms with E-state index in [9.17, 15) is 4.79 Å². The van der Waals surface area contributed by atoms with E-state index in [4.69, 9.17) is 4.74 Å². The first-order chi connectivity index (χ1) is 10.6. The lowest BCUT2D eigenvalue weighted by atomic mass is 10.0. The molecule has 0 fully saturated rings. The van der Waals surface area contributed by atoms with Crippen LogP contribution in [0, 0.1) is 5.92 Å². The van der Waals surface area contributed by atoms with Crippen LogP contribution in [-0.2, 0) is 16.1 Å². The Kier molecular flexibility index (Phi) is 5.72. The van der Waals surface area contributed by atoms with Crippen LogP contribution in [0.3, 0.4) is 0 Å². The molecule has 0 saturated heterocycles. The van der Waals surface area contributed by atoms with Gasteiger partial charge in [-0.2, -0.15) is 0 Å². The van der Waals surface area contributed by atoms with Crippen molar-refractivity contribution in [3.05, 3.63) is 48.5 Å². The van der Waals surface area contributed by atoms with E-state index >= 15 is 0 Å². The second-order valence-corrected chi connectivity index (χ2v) is 5.72. The highest BCUT2D eigenvalue weighted by Crippen LogP contribution is 2.11. The fraction of sp³-hybridized carbons (Fsp3) is 0.412. The van der Waals surface area contributed by atoms with Gasteiger partial charge in [-0.15, -0.1) is 0 Å². The van der Waals surface area contributed by atoms with Crippen LogP contribution in [0.2, 0.25) is 0 Å². The third-order valence-corrected chi connectivity index (χ3v) is 3.48. The smallest absolute Gasteiger partial charge is 0.322 e. The predicted molar refractivity (Wildman–Crippen MR) is 85.7 cm³/mol. The summed E-state index contributed by atoms with van der Waals surface area (Å²) >= 11 is 0. The van der Waals surface area contributed by atoms with Gasteiger partial charge in [-0.05, 0) is 30.0 Å². The molecule has 0 bridgehead atoms. The number of rotatable bonds is 7. The van der Waals surface area contributed by atoms with Crippen LogP contribution in [-0.4, -0.2) is 28.7 Å². The first-order valence-corrected chi connectivity index (χ1v) is 7.48. The molecule has 0 aliphatic rings. The number of imidazole rings is 1. The molecule has 0 amide bonds. The molecule has 1 heterocycles. The minimum atomic E-state index is -0.265. The van der Waals surface area contributed by atoms with Crippen LogP contribution in [0.25, 0.3) is 5.69 Å². The highest BCUT2D eigenvalue weighted by molar-refractivity contribution is 5.75. The van der Waals surface area contributed by atoms with Crippen LogP contribution >= 0.6 is 0 Å². The number of carbonyl (C=O) groups excluding carboxylic acids is 1. The maximum absolute atomic E-state index is 11.8. The Bertz CT molecular complexity index is 576. The van der Waals surface area contributed by atoms with E-state index in [1.54, 1.807) is 12.5 Å². The molecule has 5 nitrogen and oxygen atoms in total. The van der Waals surface area contributed by atoms with Gasteiger partial charge in [0.1, 0.15) is 6.04 Å². The molecule has 22 heavy (non-hydrogen) atoms. The van der Waals surface area contributed by atoms with Crippen LogP contribution in [0.15, 0.2) is 43.0 Å². The Morgan fingerprint density at radius 3 is 2.59 bits per heavy atom. The van der Waals surface area contributed by atoms with Gasteiger partial charge in [-0.1, -0.05) is 26.0 Å². The van der Waals surface area contributed by atoms with Gasteiger partial charge in [0.05, 0.1) is 13.4 Å². The molecule has 1 unspecified atom stereocenters. The zero-order valence-corrected chi connectivity index (χ0v) is 13.3. The van der Waals surface area contributed by atoms with Crippen molar-refractivity contribution in [3.8, 4) is 5.69 Å². The minimum Gasteiger partial charge on any atom is -0.468 e. The van der Waals surface area contributed by atoms with Gasteiger partial charge >= 0.3 is 5.97 Å². The third kappa shape index (κ3) is 4.43. The molecule has 0 aliphatic carbocycles. The lowest BCUT2D eigenvalue weighted by molar-refractivity contribution is -0.143. The zero-order valence-electron chi connectivity index (χ0n) is 13.3. The van der Waals surface area contributed by atoms with Crippen LogP contribution in [0.5, 0.6) is 0 Å². The number of nitrogens with zero attached hydrogens (tertiary/aromatic N) is 2. The summed E-state index contributed by atoms with van der Waals surface area (Å²) in [5.41, 5.74) is 2.19. The molecular formula is C17H23N3O2. The summed E-state index contributed by atoms with van der Waals surface area (Å²) in [7, 11) is 1.43. The second-order valence-electron chi connectivity index (χ2n) is 5.72. The normalized spacial score (nSPS) is 12.4. The van der Waals surface area contributed by atoms with E-state index in [-0.39, 0.29) is 12.0 Å². The van der Waals surface area contributed by atoms with Crippen molar-refractivity contribution in [1.29, 1.82) is 0 Å². The molecule has 1 aromatic carbocycles. The molecule has 0 aliphatic heterocycles. The van der Waals surface area contributed by atoms with Gasteiger partial charge in [0, 0.05) is 24.6 Å². The molecule has 1 N–H and O–H groups in total. The highest BCUT2D eigenvalue weighted by Gasteiger charge is 2.19. The summed E-state index contributed by atoms with van der Waals surface area (Å²) in [5, 5.41) is 3.28. The monoisotopic (exact) mass is 301 g/mol.